The van der Waals surface area contributed by atoms with Crippen LogP contribution in [0.4, 0.5) is 18.9 Å². The fourth-order valence-electron chi connectivity index (χ4n) is 5.53. The Morgan fingerprint density at radius 3 is 2.20 bits per heavy atom. The van der Waals surface area contributed by atoms with Crippen molar-refractivity contribution in [3.63, 3.8) is 0 Å². The summed E-state index contributed by atoms with van der Waals surface area (Å²) in [5.74, 6) is 0.264. The number of rotatable bonds is 11. The zero-order valence-electron chi connectivity index (χ0n) is 23.3. The average Bonchev–Trinajstić information content (AvgIpc) is 3.75. The van der Waals surface area contributed by atoms with E-state index >= 15 is 0 Å². The molecule has 0 N–H and O–H groups in total. The minimum Gasteiger partial charge on any atom is -0.340 e. The molecule has 3 aliphatic rings. The van der Waals surface area contributed by atoms with Crippen molar-refractivity contribution in [2.24, 2.45) is 5.92 Å². The smallest absolute Gasteiger partial charge is 0.340 e. The summed E-state index contributed by atoms with van der Waals surface area (Å²) < 4.78 is 40.5. The number of unbranched alkanes of at least 4 members (excludes halogenated alkanes) is 5. The molecule has 3 fully saturated rings. The van der Waals surface area contributed by atoms with Gasteiger partial charge in [0.15, 0.2) is 5.11 Å². The molecule has 0 spiro atoms. The number of hydrogen-bond donors (Lipinski definition) is 0. The number of benzene rings is 1. The third kappa shape index (κ3) is 6.77. The number of carbonyl (C=O) groups is 2. The number of amides is 2. The van der Waals surface area contributed by atoms with Crippen LogP contribution in [0.3, 0.4) is 0 Å². The lowest BCUT2D eigenvalue weighted by Gasteiger charge is -2.34. The molecule has 0 atom stereocenters. The number of alkyl halides is 3. The third-order valence-electron chi connectivity index (χ3n) is 8.23. The van der Waals surface area contributed by atoms with Crippen LogP contribution in [-0.2, 0) is 15.8 Å². The Kier molecular flexibility index (Phi) is 9.40. The number of piperazine rings is 1. The van der Waals surface area contributed by atoms with Crippen LogP contribution < -0.4 is 4.90 Å². The highest BCUT2D eigenvalue weighted by atomic mass is 32.1. The van der Waals surface area contributed by atoms with E-state index in [1.165, 1.54) is 6.07 Å². The second kappa shape index (κ2) is 12.4. The highest BCUT2D eigenvalue weighted by Crippen LogP contribution is 2.38. The Bertz CT molecular complexity index is 1150. The van der Waals surface area contributed by atoms with Crippen LogP contribution in [0.15, 0.2) is 18.2 Å². The SMILES string of the molecule is CC1(C)C(=O)N(c2ccc(C#N)c(C(F)(F)F)c2)C(=S)N1CCCCCCCCN1CCN(C(=O)C2CC2)CC1. The molecule has 4 rings (SSSR count). The van der Waals surface area contributed by atoms with Crippen molar-refractivity contribution in [3.8, 4) is 6.07 Å². The molecule has 11 heteroatoms. The van der Waals surface area contributed by atoms with E-state index in [1.54, 1.807) is 24.8 Å². The first-order valence-corrected chi connectivity index (χ1v) is 14.6. The van der Waals surface area contributed by atoms with Gasteiger partial charge < -0.3 is 9.80 Å². The topological polar surface area (TPSA) is 70.9 Å². The van der Waals surface area contributed by atoms with Crippen LogP contribution in [0.1, 0.15) is 76.3 Å². The largest absolute Gasteiger partial charge is 0.417 e. The lowest BCUT2D eigenvalue weighted by Crippen LogP contribution is -2.49. The molecule has 1 aromatic carbocycles. The summed E-state index contributed by atoms with van der Waals surface area (Å²) in [6.45, 7) is 8.68. The first-order valence-electron chi connectivity index (χ1n) is 14.2. The molecule has 2 heterocycles. The van der Waals surface area contributed by atoms with Gasteiger partial charge in [0.1, 0.15) is 5.54 Å². The van der Waals surface area contributed by atoms with Crippen LogP contribution in [0, 0.1) is 17.2 Å². The second-order valence-corrected chi connectivity index (χ2v) is 11.9. The molecule has 0 radical (unpaired) electrons. The molecule has 7 nitrogen and oxygen atoms in total. The minimum atomic E-state index is -4.72. The van der Waals surface area contributed by atoms with Gasteiger partial charge in [-0.25, -0.2) is 0 Å². The number of nitrogens with zero attached hydrogens (tertiary/aromatic N) is 5. The highest BCUT2D eigenvalue weighted by Gasteiger charge is 2.49. The first-order chi connectivity index (χ1) is 18.9. The Hall–Kier alpha value is -2.71. The van der Waals surface area contributed by atoms with Gasteiger partial charge in [-0.1, -0.05) is 25.7 Å². The van der Waals surface area contributed by atoms with Gasteiger partial charge in [-0.15, -0.1) is 0 Å². The maximum atomic E-state index is 13.5. The van der Waals surface area contributed by atoms with Gasteiger partial charge in [0.25, 0.3) is 5.91 Å². The summed E-state index contributed by atoms with van der Waals surface area (Å²) in [6, 6.07) is 4.82. The third-order valence-corrected chi connectivity index (χ3v) is 8.63. The van der Waals surface area contributed by atoms with Crippen LogP contribution in [0.25, 0.3) is 0 Å². The first kappa shape index (κ1) is 30.3. The number of anilines is 1. The van der Waals surface area contributed by atoms with Gasteiger partial charge in [-0.3, -0.25) is 19.4 Å². The van der Waals surface area contributed by atoms with Crippen LogP contribution in [-0.4, -0.2) is 76.4 Å². The molecule has 2 aliphatic heterocycles. The molecule has 218 valence electrons. The van der Waals surface area contributed by atoms with E-state index in [4.69, 9.17) is 17.5 Å². The molecule has 0 aromatic heterocycles. The quantitative estimate of drug-likeness (QED) is 0.267. The number of thiocarbonyl (C=S) groups is 1. The standard InChI is InChI=1S/C29H38F3N5O2S/c1-28(2)26(39)37(23-12-11-22(20-33)24(19-23)29(30,31)32)27(40)36(28)14-8-6-4-3-5-7-13-34-15-17-35(18-16-34)25(38)21-9-10-21/h11-12,19,21H,3-10,13-18H2,1-2H3. The maximum Gasteiger partial charge on any atom is 0.417 e. The summed E-state index contributed by atoms with van der Waals surface area (Å²) in [5, 5.41) is 9.27. The fourth-order valence-corrected chi connectivity index (χ4v) is 6.04. The molecule has 1 aromatic rings. The van der Waals surface area contributed by atoms with Crippen molar-refractivity contribution in [1.29, 1.82) is 5.26 Å². The number of nitriles is 1. The molecule has 40 heavy (non-hydrogen) atoms. The van der Waals surface area contributed by atoms with Crippen molar-refractivity contribution in [2.45, 2.75) is 76.9 Å². The lowest BCUT2D eigenvalue weighted by atomic mass is 10.0. The molecule has 2 saturated heterocycles. The predicted molar refractivity (Wildman–Crippen MR) is 150 cm³/mol. The van der Waals surface area contributed by atoms with E-state index in [1.807, 2.05) is 4.90 Å². The summed E-state index contributed by atoms with van der Waals surface area (Å²) >= 11 is 5.56. The minimum absolute atomic E-state index is 0.0211. The van der Waals surface area contributed by atoms with Gasteiger partial charge in [0, 0.05) is 38.6 Å². The van der Waals surface area contributed by atoms with Crippen LogP contribution >= 0.6 is 12.2 Å². The van der Waals surface area contributed by atoms with Crippen molar-refractivity contribution in [1.82, 2.24) is 14.7 Å². The second-order valence-electron chi connectivity index (χ2n) is 11.5. The Morgan fingerprint density at radius 2 is 1.62 bits per heavy atom. The van der Waals surface area contributed by atoms with Crippen molar-refractivity contribution in [3.05, 3.63) is 29.3 Å². The van der Waals surface area contributed by atoms with Crippen LogP contribution in [0.2, 0.25) is 0 Å². The maximum absolute atomic E-state index is 13.5. The van der Waals surface area contributed by atoms with E-state index < -0.39 is 22.8 Å². The van der Waals surface area contributed by atoms with Gasteiger partial charge in [0.05, 0.1) is 22.9 Å². The molecule has 1 saturated carbocycles. The highest BCUT2D eigenvalue weighted by molar-refractivity contribution is 7.80. The molecule has 2 amide bonds. The Morgan fingerprint density at radius 1 is 1.02 bits per heavy atom. The van der Waals surface area contributed by atoms with Crippen LogP contribution in [0.5, 0.6) is 0 Å². The molecular formula is C29H38F3N5O2S. The summed E-state index contributed by atoms with van der Waals surface area (Å²) in [5.41, 5.74) is -2.53. The summed E-state index contributed by atoms with van der Waals surface area (Å²) in [4.78, 5) is 32.8. The molecule has 0 unspecified atom stereocenters. The number of carbonyl (C=O) groups excluding carboxylic acids is 2. The van der Waals surface area contributed by atoms with Gasteiger partial charge in [0.2, 0.25) is 5.91 Å². The number of halogens is 3. The van der Waals surface area contributed by atoms with E-state index in [9.17, 15) is 22.8 Å². The Balaban J connectivity index is 1.18. The van der Waals surface area contributed by atoms with Gasteiger partial charge in [-0.2, -0.15) is 18.4 Å². The number of hydrogen-bond acceptors (Lipinski definition) is 5. The normalized spacial score (nSPS) is 19.9. The van der Waals surface area contributed by atoms with E-state index in [0.29, 0.717) is 18.4 Å². The van der Waals surface area contributed by atoms with Gasteiger partial charge >= 0.3 is 6.18 Å². The molecule has 1 aliphatic carbocycles. The van der Waals surface area contributed by atoms with Crippen molar-refractivity contribution in [2.75, 3.05) is 44.2 Å². The summed E-state index contributed by atoms with van der Waals surface area (Å²) in [6.07, 6.45) is 3.65. The fraction of sp³-hybridized carbons (Fsp3) is 0.655. The zero-order valence-corrected chi connectivity index (χ0v) is 24.1. The summed E-state index contributed by atoms with van der Waals surface area (Å²) in [7, 11) is 0. The van der Waals surface area contributed by atoms with E-state index in [0.717, 1.165) is 101 Å². The van der Waals surface area contributed by atoms with Crippen molar-refractivity contribution >= 4 is 34.8 Å². The lowest BCUT2D eigenvalue weighted by molar-refractivity contribution is -0.138. The average molecular weight is 578 g/mol. The van der Waals surface area contributed by atoms with E-state index in [-0.39, 0.29) is 16.7 Å². The Labute approximate surface area is 239 Å². The predicted octanol–water partition coefficient (Wildman–Crippen LogP) is 5.18. The van der Waals surface area contributed by atoms with Gasteiger partial charge in [-0.05, 0) is 76.5 Å². The zero-order chi connectivity index (χ0) is 29.1. The van der Waals surface area contributed by atoms with E-state index in [2.05, 4.69) is 4.90 Å². The monoisotopic (exact) mass is 577 g/mol. The molecular weight excluding hydrogens is 539 g/mol. The molecule has 0 bridgehead atoms. The van der Waals surface area contributed by atoms with Crippen molar-refractivity contribution < 1.29 is 22.8 Å².